The molecule has 0 atom stereocenters. The highest BCUT2D eigenvalue weighted by Crippen LogP contribution is 2.15. The third-order valence-corrected chi connectivity index (χ3v) is 2.26. The molecule has 0 aromatic heterocycles. The van der Waals surface area contributed by atoms with E-state index in [0.29, 0.717) is 5.11 Å². The summed E-state index contributed by atoms with van der Waals surface area (Å²) in [6, 6.07) is 7.48. The maximum absolute atomic E-state index is 5.08. The van der Waals surface area contributed by atoms with E-state index >= 15 is 0 Å². The van der Waals surface area contributed by atoms with E-state index in [1.54, 1.807) is 21.3 Å². The number of hydroxylamine groups is 2. The number of hydrogen-bond donors (Lipinski definition) is 1. The summed E-state index contributed by atoms with van der Waals surface area (Å²) in [5.74, 6) is 0.812. The molecular formula is C10H14N2O2S. The molecule has 0 unspecified atom stereocenters. The van der Waals surface area contributed by atoms with Crippen LogP contribution in [0.5, 0.6) is 5.75 Å². The van der Waals surface area contributed by atoms with Crippen molar-refractivity contribution >= 4 is 23.0 Å². The molecule has 0 amide bonds. The van der Waals surface area contributed by atoms with Crippen LogP contribution in [0.3, 0.4) is 0 Å². The van der Waals surface area contributed by atoms with Gasteiger partial charge in [-0.25, -0.2) is 5.06 Å². The van der Waals surface area contributed by atoms with Crippen LogP contribution in [-0.4, -0.2) is 31.4 Å². The third kappa shape index (κ3) is 3.38. The zero-order valence-corrected chi connectivity index (χ0v) is 9.80. The van der Waals surface area contributed by atoms with Gasteiger partial charge in [0.1, 0.15) is 5.75 Å². The predicted octanol–water partition coefficient (Wildman–Crippen LogP) is 1.89. The van der Waals surface area contributed by atoms with Gasteiger partial charge >= 0.3 is 0 Å². The predicted molar refractivity (Wildman–Crippen MR) is 64.0 cm³/mol. The van der Waals surface area contributed by atoms with E-state index in [4.69, 9.17) is 21.8 Å². The lowest BCUT2D eigenvalue weighted by Crippen LogP contribution is -2.29. The summed E-state index contributed by atoms with van der Waals surface area (Å²) in [6.07, 6.45) is 0. The first-order valence-corrected chi connectivity index (χ1v) is 4.81. The molecule has 1 N–H and O–H groups in total. The molecule has 82 valence electrons. The van der Waals surface area contributed by atoms with E-state index in [1.807, 2.05) is 24.3 Å². The SMILES string of the molecule is COc1ccc(NC(=S)N(C)OC)cc1. The van der Waals surface area contributed by atoms with Crippen LogP contribution < -0.4 is 10.1 Å². The summed E-state index contributed by atoms with van der Waals surface area (Å²) in [5, 5.41) is 4.99. The highest BCUT2D eigenvalue weighted by molar-refractivity contribution is 7.80. The van der Waals surface area contributed by atoms with Gasteiger partial charge in [0.2, 0.25) is 0 Å². The standard InChI is InChI=1S/C10H14N2O2S/c1-12(14-3)10(15)11-8-4-6-9(13-2)7-5-8/h4-7H,1-3H3,(H,11,15). The van der Waals surface area contributed by atoms with Crippen LogP contribution in [0.2, 0.25) is 0 Å². The average Bonchev–Trinajstić information content (AvgIpc) is 2.29. The van der Waals surface area contributed by atoms with Gasteiger partial charge in [-0.1, -0.05) is 0 Å². The Morgan fingerprint density at radius 2 is 1.87 bits per heavy atom. The van der Waals surface area contributed by atoms with Crippen molar-refractivity contribution in [2.75, 3.05) is 26.6 Å². The lowest BCUT2D eigenvalue weighted by molar-refractivity contribution is -0.0391. The van der Waals surface area contributed by atoms with E-state index in [0.717, 1.165) is 11.4 Å². The van der Waals surface area contributed by atoms with Crippen molar-refractivity contribution in [3.8, 4) is 5.75 Å². The van der Waals surface area contributed by atoms with Crippen molar-refractivity contribution in [2.24, 2.45) is 0 Å². The lowest BCUT2D eigenvalue weighted by atomic mass is 10.3. The van der Waals surface area contributed by atoms with Gasteiger partial charge in [-0.15, -0.1) is 0 Å². The van der Waals surface area contributed by atoms with Crippen molar-refractivity contribution in [1.82, 2.24) is 5.06 Å². The van der Waals surface area contributed by atoms with Gasteiger partial charge in [-0.05, 0) is 36.5 Å². The summed E-state index contributed by atoms with van der Waals surface area (Å²) < 4.78 is 5.05. The smallest absolute Gasteiger partial charge is 0.197 e. The Bertz CT molecular complexity index is 327. The van der Waals surface area contributed by atoms with Gasteiger partial charge in [0.25, 0.3) is 0 Å². The zero-order valence-electron chi connectivity index (χ0n) is 8.98. The third-order valence-electron chi connectivity index (χ3n) is 1.90. The molecule has 15 heavy (non-hydrogen) atoms. The monoisotopic (exact) mass is 226 g/mol. The van der Waals surface area contributed by atoms with E-state index in [1.165, 1.54) is 5.06 Å². The molecule has 1 rings (SSSR count). The number of ether oxygens (including phenoxy) is 1. The molecule has 1 aromatic carbocycles. The van der Waals surface area contributed by atoms with Gasteiger partial charge in [0.05, 0.1) is 14.2 Å². The van der Waals surface area contributed by atoms with E-state index in [9.17, 15) is 0 Å². The van der Waals surface area contributed by atoms with Crippen molar-refractivity contribution < 1.29 is 9.57 Å². The Morgan fingerprint density at radius 3 is 2.33 bits per heavy atom. The highest BCUT2D eigenvalue weighted by atomic mass is 32.1. The van der Waals surface area contributed by atoms with E-state index in [-0.39, 0.29) is 0 Å². The molecule has 0 aliphatic rings. The van der Waals surface area contributed by atoms with Crippen LogP contribution in [0.4, 0.5) is 5.69 Å². The van der Waals surface area contributed by atoms with E-state index in [2.05, 4.69) is 5.32 Å². The Kier molecular flexibility index (Phi) is 4.33. The van der Waals surface area contributed by atoms with Crippen molar-refractivity contribution in [3.05, 3.63) is 24.3 Å². The summed E-state index contributed by atoms with van der Waals surface area (Å²) in [5.41, 5.74) is 0.893. The molecule has 4 nitrogen and oxygen atoms in total. The van der Waals surface area contributed by atoms with Crippen molar-refractivity contribution in [2.45, 2.75) is 0 Å². The van der Waals surface area contributed by atoms with Gasteiger partial charge < -0.3 is 10.1 Å². The molecule has 0 heterocycles. The second-order valence-corrected chi connectivity index (χ2v) is 3.23. The number of anilines is 1. The number of thiocarbonyl (C=S) groups is 1. The highest BCUT2D eigenvalue weighted by Gasteiger charge is 2.02. The number of benzene rings is 1. The Labute approximate surface area is 94.7 Å². The van der Waals surface area contributed by atoms with Crippen LogP contribution in [0, 0.1) is 0 Å². The Hall–Kier alpha value is -1.33. The van der Waals surface area contributed by atoms with Gasteiger partial charge in [0, 0.05) is 12.7 Å². The van der Waals surface area contributed by atoms with Crippen molar-refractivity contribution in [1.29, 1.82) is 0 Å². The summed E-state index contributed by atoms with van der Waals surface area (Å²) >= 11 is 5.08. The second kappa shape index (κ2) is 5.53. The van der Waals surface area contributed by atoms with Crippen LogP contribution in [0.15, 0.2) is 24.3 Å². The van der Waals surface area contributed by atoms with Crippen LogP contribution in [0.1, 0.15) is 0 Å². The minimum atomic E-state index is 0.502. The average molecular weight is 226 g/mol. The van der Waals surface area contributed by atoms with Gasteiger partial charge in [-0.2, -0.15) is 0 Å². The normalized spacial score (nSPS) is 9.53. The molecule has 0 aliphatic carbocycles. The minimum absolute atomic E-state index is 0.502. The molecule has 0 radical (unpaired) electrons. The first-order chi connectivity index (χ1) is 7.17. The fraction of sp³-hybridized carbons (Fsp3) is 0.300. The van der Waals surface area contributed by atoms with Crippen LogP contribution >= 0.6 is 12.2 Å². The molecular weight excluding hydrogens is 212 g/mol. The number of nitrogens with one attached hydrogen (secondary N) is 1. The molecule has 1 aromatic rings. The Morgan fingerprint density at radius 1 is 1.27 bits per heavy atom. The molecule has 0 spiro atoms. The number of nitrogens with zero attached hydrogens (tertiary/aromatic N) is 1. The van der Waals surface area contributed by atoms with Gasteiger partial charge in [0.15, 0.2) is 5.11 Å². The van der Waals surface area contributed by atoms with Crippen molar-refractivity contribution in [3.63, 3.8) is 0 Å². The largest absolute Gasteiger partial charge is 0.497 e. The number of hydrogen-bond acceptors (Lipinski definition) is 3. The quantitative estimate of drug-likeness (QED) is 0.628. The molecule has 0 aliphatic heterocycles. The molecule has 5 heteroatoms. The topological polar surface area (TPSA) is 33.7 Å². The molecule has 0 fully saturated rings. The summed E-state index contributed by atoms with van der Waals surface area (Å²) in [4.78, 5) is 4.93. The maximum Gasteiger partial charge on any atom is 0.197 e. The lowest BCUT2D eigenvalue weighted by Gasteiger charge is -2.17. The molecule has 0 saturated heterocycles. The fourth-order valence-corrected chi connectivity index (χ4v) is 1.15. The van der Waals surface area contributed by atoms with Crippen LogP contribution in [-0.2, 0) is 4.84 Å². The zero-order chi connectivity index (χ0) is 11.3. The first kappa shape index (κ1) is 11.7. The first-order valence-electron chi connectivity index (χ1n) is 4.40. The molecule has 0 saturated carbocycles. The maximum atomic E-state index is 5.08. The number of methoxy groups -OCH3 is 1. The van der Waals surface area contributed by atoms with E-state index < -0.39 is 0 Å². The minimum Gasteiger partial charge on any atom is -0.497 e. The summed E-state index contributed by atoms with van der Waals surface area (Å²) in [6.45, 7) is 0. The van der Waals surface area contributed by atoms with Crippen LogP contribution in [0.25, 0.3) is 0 Å². The Balaban J connectivity index is 2.61. The fourth-order valence-electron chi connectivity index (χ4n) is 0.959. The second-order valence-electron chi connectivity index (χ2n) is 2.84. The molecule has 0 bridgehead atoms. The van der Waals surface area contributed by atoms with Gasteiger partial charge in [-0.3, -0.25) is 4.84 Å². The number of rotatable bonds is 3. The summed E-state index contributed by atoms with van der Waals surface area (Å²) in [7, 11) is 4.92.